The number of nitro groups is 1. The van der Waals surface area contributed by atoms with E-state index in [0.29, 0.717) is 15.5 Å². The van der Waals surface area contributed by atoms with Crippen molar-refractivity contribution in [2.45, 2.75) is 6.54 Å². The highest BCUT2D eigenvalue weighted by molar-refractivity contribution is 7.21. The summed E-state index contributed by atoms with van der Waals surface area (Å²) in [6.45, 7) is 0.176. The molecule has 0 aliphatic rings. The number of non-ortho nitro benzene ring substituents is 1. The van der Waals surface area contributed by atoms with Crippen LogP contribution in [0.15, 0.2) is 35.8 Å². The average Bonchev–Trinajstić information content (AvgIpc) is 3.27. The zero-order valence-corrected chi connectivity index (χ0v) is 15.8. The van der Waals surface area contributed by atoms with Crippen molar-refractivity contribution in [1.29, 1.82) is 0 Å². The van der Waals surface area contributed by atoms with Gasteiger partial charge >= 0.3 is 0 Å². The number of halogens is 1. The van der Waals surface area contributed by atoms with Gasteiger partial charge in [-0.15, -0.1) is 22.7 Å². The second-order valence-electron chi connectivity index (χ2n) is 5.66. The molecule has 26 heavy (non-hydrogen) atoms. The average molecular weight is 407 g/mol. The number of amides is 1. The molecule has 1 amide bonds. The second-order valence-corrected chi connectivity index (χ2v) is 7.97. The van der Waals surface area contributed by atoms with Gasteiger partial charge in [-0.05, 0) is 17.7 Å². The molecule has 0 unspecified atom stereocenters. The lowest BCUT2D eigenvalue weighted by Crippen LogP contribution is -2.25. The second kappa shape index (κ2) is 6.35. The summed E-state index contributed by atoms with van der Waals surface area (Å²) < 4.78 is 1.95. The molecule has 0 aliphatic carbocycles. The molecule has 3 heterocycles. The number of fused-ring (bicyclic) bond motifs is 3. The van der Waals surface area contributed by atoms with Crippen molar-refractivity contribution in [3.63, 3.8) is 0 Å². The van der Waals surface area contributed by atoms with Crippen LogP contribution in [0.3, 0.4) is 0 Å². The fourth-order valence-electron chi connectivity index (χ4n) is 2.66. The smallest absolute Gasteiger partial charge is 0.269 e. The first kappa shape index (κ1) is 17.0. The molecule has 4 aromatic rings. The fourth-order valence-corrected chi connectivity index (χ4v) is 4.64. The summed E-state index contributed by atoms with van der Waals surface area (Å²) in [7, 11) is 1.64. The molecule has 7 nitrogen and oxygen atoms in total. The van der Waals surface area contributed by atoms with E-state index in [1.54, 1.807) is 7.05 Å². The van der Waals surface area contributed by atoms with Crippen molar-refractivity contribution in [2.24, 2.45) is 0 Å². The number of carbonyl (C=O) groups is 1. The number of nitrogens with zero attached hydrogens (tertiary/aromatic N) is 4. The Labute approximate surface area is 160 Å². The zero-order valence-electron chi connectivity index (χ0n) is 13.4. The van der Waals surface area contributed by atoms with Crippen LogP contribution in [0.4, 0.5) is 5.69 Å². The predicted molar refractivity (Wildman–Crippen MR) is 102 cm³/mol. The zero-order chi connectivity index (χ0) is 18.4. The fraction of sp³-hybridized carbons (Fsp3) is 0.125. The van der Waals surface area contributed by atoms with Crippen LogP contribution in [0.25, 0.3) is 15.3 Å². The number of aromatic nitrogens is 2. The van der Waals surface area contributed by atoms with Gasteiger partial charge in [0, 0.05) is 42.3 Å². The van der Waals surface area contributed by atoms with Gasteiger partial charge in [0.1, 0.15) is 4.83 Å². The van der Waals surface area contributed by atoms with Crippen molar-refractivity contribution >= 4 is 61.2 Å². The first-order valence-electron chi connectivity index (χ1n) is 7.47. The van der Waals surface area contributed by atoms with Gasteiger partial charge < -0.3 is 4.90 Å². The maximum atomic E-state index is 12.7. The Morgan fingerprint density at radius 3 is 3.00 bits per heavy atom. The van der Waals surface area contributed by atoms with Crippen LogP contribution < -0.4 is 0 Å². The summed E-state index contributed by atoms with van der Waals surface area (Å²) in [5.74, 6) is -0.181. The molecule has 0 bridgehead atoms. The number of thiazole rings is 1. The van der Waals surface area contributed by atoms with Gasteiger partial charge in [0.2, 0.25) is 0 Å². The molecule has 1 aromatic carbocycles. The van der Waals surface area contributed by atoms with E-state index in [-0.39, 0.29) is 18.1 Å². The molecule has 10 heteroatoms. The van der Waals surface area contributed by atoms with Crippen LogP contribution in [0.5, 0.6) is 0 Å². The number of hydrogen-bond donors (Lipinski definition) is 0. The molecule has 0 aliphatic heterocycles. The van der Waals surface area contributed by atoms with Gasteiger partial charge in [-0.25, -0.2) is 4.98 Å². The van der Waals surface area contributed by atoms with Crippen LogP contribution in [-0.2, 0) is 6.54 Å². The Hall–Kier alpha value is -2.49. The standard InChI is InChI=1S/C16H11ClN4O3S2/c1-19(8-9-6-10(21(23)24)2-3-11(9)17)15(22)13-7-12-14(26-13)18-16-20(12)4-5-25-16/h2-7H,8H2,1H3. The van der Waals surface area contributed by atoms with E-state index in [2.05, 4.69) is 4.98 Å². The third-order valence-corrected chi connectivity index (χ3v) is 6.08. The van der Waals surface area contributed by atoms with Crippen LogP contribution in [0, 0.1) is 10.1 Å². The number of carbonyl (C=O) groups excluding carboxylic acids is 1. The molecule has 0 radical (unpaired) electrons. The van der Waals surface area contributed by atoms with E-state index in [0.717, 1.165) is 15.3 Å². The monoisotopic (exact) mass is 406 g/mol. The number of nitro benzene ring substituents is 1. The predicted octanol–water partition coefficient (Wildman–Crippen LogP) is 4.44. The molecule has 0 saturated carbocycles. The van der Waals surface area contributed by atoms with Crippen molar-refractivity contribution < 1.29 is 9.72 Å². The highest BCUT2D eigenvalue weighted by Crippen LogP contribution is 2.29. The number of hydrogen-bond acceptors (Lipinski definition) is 6. The lowest BCUT2D eigenvalue weighted by molar-refractivity contribution is -0.384. The van der Waals surface area contributed by atoms with E-state index < -0.39 is 4.92 Å². The summed E-state index contributed by atoms with van der Waals surface area (Å²) in [5.41, 5.74) is 1.37. The van der Waals surface area contributed by atoms with Crippen molar-refractivity contribution in [3.8, 4) is 0 Å². The quantitative estimate of drug-likeness (QED) is 0.370. The van der Waals surface area contributed by atoms with Gasteiger partial charge in [0.05, 0.1) is 15.3 Å². The van der Waals surface area contributed by atoms with Crippen molar-refractivity contribution in [1.82, 2.24) is 14.3 Å². The lowest BCUT2D eigenvalue weighted by Gasteiger charge is -2.17. The minimum Gasteiger partial charge on any atom is -0.337 e. The van der Waals surface area contributed by atoms with Gasteiger partial charge in [-0.2, -0.15) is 0 Å². The highest BCUT2D eigenvalue weighted by atomic mass is 35.5. The number of rotatable bonds is 4. The molecule has 0 saturated heterocycles. The maximum absolute atomic E-state index is 12.7. The summed E-state index contributed by atoms with van der Waals surface area (Å²) in [4.78, 5) is 31.4. The Balaban J connectivity index is 1.60. The number of thiophene rings is 1. The van der Waals surface area contributed by atoms with E-state index in [1.165, 1.54) is 45.8 Å². The van der Waals surface area contributed by atoms with Gasteiger partial charge in [0.15, 0.2) is 4.96 Å². The molecule has 0 N–H and O–H groups in total. The molecule has 0 spiro atoms. The summed E-state index contributed by atoms with van der Waals surface area (Å²) in [5, 5.41) is 13.3. The molecule has 0 atom stereocenters. The summed E-state index contributed by atoms with van der Waals surface area (Å²) in [6, 6.07) is 6.03. The molecule has 4 rings (SSSR count). The van der Waals surface area contributed by atoms with E-state index >= 15 is 0 Å². The summed E-state index contributed by atoms with van der Waals surface area (Å²) >= 11 is 8.99. The molecular weight excluding hydrogens is 396 g/mol. The largest absolute Gasteiger partial charge is 0.337 e. The third kappa shape index (κ3) is 2.83. The molecule has 0 fully saturated rings. The molecule has 132 valence electrons. The first-order valence-corrected chi connectivity index (χ1v) is 9.55. The lowest BCUT2D eigenvalue weighted by atomic mass is 10.2. The molecule has 3 aromatic heterocycles. The topological polar surface area (TPSA) is 80.8 Å². The van der Waals surface area contributed by atoms with Crippen LogP contribution >= 0.6 is 34.3 Å². The van der Waals surface area contributed by atoms with E-state index in [4.69, 9.17) is 11.6 Å². The van der Waals surface area contributed by atoms with Crippen LogP contribution in [0.1, 0.15) is 15.2 Å². The van der Waals surface area contributed by atoms with E-state index in [1.807, 2.05) is 22.0 Å². The summed E-state index contributed by atoms with van der Waals surface area (Å²) in [6.07, 6.45) is 1.92. The molecular formula is C16H11ClN4O3S2. The van der Waals surface area contributed by atoms with Gasteiger partial charge in [0.25, 0.3) is 11.6 Å². The maximum Gasteiger partial charge on any atom is 0.269 e. The van der Waals surface area contributed by atoms with Crippen molar-refractivity contribution in [2.75, 3.05) is 7.05 Å². The number of imidazole rings is 1. The Morgan fingerprint density at radius 1 is 1.42 bits per heavy atom. The Morgan fingerprint density at radius 2 is 2.23 bits per heavy atom. The van der Waals surface area contributed by atoms with Crippen LogP contribution in [0.2, 0.25) is 5.02 Å². The minimum atomic E-state index is -0.483. The normalized spacial score (nSPS) is 11.3. The minimum absolute atomic E-state index is 0.0551. The van der Waals surface area contributed by atoms with E-state index in [9.17, 15) is 14.9 Å². The first-order chi connectivity index (χ1) is 12.4. The van der Waals surface area contributed by atoms with Gasteiger partial charge in [-0.3, -0.25) is 19.3 Å². The third-order valence-electron chi connectivity index (χ3n) is 3.94. The number of benzene rings is 1. The van der Waals surface area contributed by atoms with Gasteiger partial charge in [-0.1, -0.05) is 11.6 Å². The van der Waals surface area contributed by atoms with Crippen molar-refractivity contribution in [3.05, 3.63) is 61.4 Å². The Kier molecular flexibility index (Phi) is 4.14. The Bertz CT molecular complexity index is 1160. The highest BCUT2D eigenvalue weighted by Gasteiger charge is 2.20. The van der Waals surface area contributed by atoms with Crippen LogP contribution in [-0.4, -0.2) is 32.2 Å². The SMILES string of the molecule is CN(Cc1cc([N+](=O)[O-])ccc1Cl)C(=O)c1cc2c(nc3sccn32)s1.